The molecule has 0 fully saturated rings. The van der Waals surface area contributed by atoms with Gasteiger partial charge in [-0.3, -0.25) is 4.79 Å². The summed E-state index contributed by atoms with van der Waals surface area (Å²) in [6.45, 7) is 7.25. The second kappa shape index (κ2) is 8.89. The number of methoxy groups -OCH3 is 1. The molecule has 1 rings (SSSR count). The Morgan fingerprint density at radius 1 is 1.41 bits per heavy atom. The lowest BCUT2D eigenvalue weighted by Crippen LogP contribution is -2.37. The van der Waals surface area contributed by atoms with Crippen LogP contribution in [0.5, 0.6) is 11.5 Å². The van der Waals surface area contributed by atoms with Crippen molar-refractivity contribution in [3.8, 4) is 11.5 Å². The van der Waals surface area contributed by atoms with Crippen molar-refractivity contribution in [3.05, 3.63) is 48.7 Å². The van der Waals surface area contributed by atoms with E-state index in [1.165, 1.54) is 11.8 Å². The number of para-hydroxylation sites is 2. The van der Waals surface area contributed by atoms with Gasteiger partial charge in [0.1, 0.15) is 12.7 Å². The van der Waals surface area contributed by atoms with Crippen LogP contribution in [0.2, 0.25) is 0 Å². The van der Waals surface area contributed by atoms with Crippen molar-refractivity contribution in [2.24, 2.45) is 0 Å². The predicted octanol–water partition coefficient (Wildman–Crippen LogP) is 2.37. The molecule has 1 N–H and O–H groups in total. The Hall–Kier alpha value is -2.27. The molecule has 0 aliphatic rings. The number of carbonyl (C=O) groups excluding carboxylic acids is 1. The zero-order chi connectivity index (χ0) is 16.5. The van der Waals surface area contributed by atoms with Crippen LogP contribution >= 0.6 is 0 Å². The summed E-state index contributed by atoms with van der Waals surface area (Å²) in [6.07, 6.45) is 2.67. The van der Waals surface area contributed by atoms with Gasteiger partial charge in [-0.1, -0.05) is 24.8 Å². The molecular weight excluding hydrogens is 282 g/mol. The third-order valence-corrected chi connectivity index (χ3v) is 2.98. The van der Waals surface area contributed by atoms with E-state index in [1.54, 1.807) is 31.4 Å². The van der Waals surface area contributed by atoms with Crippen molar-refractivity contribution in [2.75, 3.05) is 20.3 Å². The third-order valence-electron chi connectivity index (χ3n) is 2.98. The van der Waals surface area contributed by atoms with Crippen LogP contribution in [0.15, 0.2) is 48.7 Å². The molecule has 0 aliphatic carbocycles. The van der Waals surface area contributed by atoms with Gasteiger partial charge < -0.3 is 19.5 Å². The maximum absolute atomic E-state index is 11.6. The van der Waals surface area contributed by atoms with Gasteiger partial charge in [-0.05, 0) is 25.1 Å². The molecule has 0 spiro atoms. The Balaban J connectivity index is 2.62. The maximum Gasteiger partial charge on any atom is 0.223 e. The molecule has 0 saturated heterocycles. The standard InChI is InChI=1S/C17H23NO4/c1-5-8-13(2)18(14(3)19)11-15(20)12-22-17-10-7-6-9-16(17)21-4/h5-10,15,20H,2,11-12H2,1,3-4H3/b8-5-. The van der Waals surface area contributed by atoms with Gasteiger partial charge >= 0.3 is 0 Å². The first-order valence-corrected chi connectivity index (χ1v) is 7.03. The van der Waals surface area contributed by atoms with Crippen LogP contribution in [-0.4, -0.2) is 42.3 Å². The highest BCUT2D eigenvalue weighted by atomic mass is 16.5. The van der Waals surface area contributed by atoms with Crippen LogP contribution in [0.1, 0.15) is 13.8 Å². The second-order valence-corrected chi connectivity index (χ2v) is 4.74. The van der Waals surface area contributed by atoms with E-state index >= 15 is 0 Å². The molecule has 5 heteroatoms. The molecule has 0 saturated carbocycles. The van der Waals surface area contributed by atoms with Gasteiger partial charge in [0, 0.05) is 12.6 Å². The lowest BCUT2D eigenvalue weighted by molar-refractivity contribution is -0.128. The summed E-state index contributed by atoms with van der Waals surface area (Å²) in [5.41, 5.74) is 0.534. The second-order valence-electron chi connectivity index (χ2n) is 4.74. The summed E-state index contributed by atoms with van der Waals surface area (Å²) < 4.78 is 10.7. The van der Waals surface area contributed by atoms with Crippen molar-refractivity contribution in [1.82, 2.24) is 4.90 Å². The Bertz CT molecular complexity index is 539. The summed E-state index contributed by atoms with van der Waals surface area (Å²) in [4.78, 5) is 13.0. The highest BCUT2D eigenvalue weighted by molar-refractivity contribution is 5.75. The number of nitrogens with zero attached hydrogens (tertiary/aromatic N) is 1. The first-order valence-electron chi connectivity index (χ1n) is 7.03. The quantitative estimate of drug-likeness (QED) is 0.749. The fourth-order valence-corrected chi connectivity index (χ4v) is 1.92. The Kier molecular flexibility index (Phi) is 7.19. The van der Waals surface area contributed by atoms with E-state index in [2.05, 4.69) is 6.58 Å². The minimum absolute atomic E-state index is 0.0489. The number of hydrogen-bond donors (Lipinski definition) is 1. The van der Waals surface area contributed by atoms with Crippen LogP contribution in [0.4, 0.5) is 0 Å². The molecule has 1 aromatic rings. The number of aliphatic hydroxyl groups excluding tert-OH is 1. The van der Waals surface area contributed by atoms with Crippen molar-refractivity contribution < 1.29 is 19.4 Å². The minimum atomic E-state index is -0.837. The van der Waals surface area contributed by atoms with Crippen LogP contribution in [-0.2, 0) is 4.79 Å². The van der Waals surface area contributed by atoms with E-state index in [4.69, 9.17) is 9.47 Å². The van der Waals surface area contributed by atoms with E-state index in [-0.39, 0.29) is 19.1 Å². The normalized spacial score (nSPS) is 12.0. The molecular formula is C17H23NO4. The zero-order valence-corrected chi connectivity index (χ0v) is 13.3. The molecule has 1 amide bonds. The summed E-state index contributed by atoms with van der Waals surface area (Å²) in [5, 5.41) is 10.1. The van der Waals surface area contributed by atoms with E-state index < -0.39 is 6.10 Å². The Morgan fingerprint density at radius 3 is 2.59 bits per heavy atom. The summed E-state index contributed by atoms with van der Waals surface area (Å²) in [6, 6.07) is 7.19. The molecule has 0 aliphatic heterocycles. The molecule has 0 aromatic heterocycles. The molecule has 0 radical (unpaired) electrons. The smallest absolute Gasteiger partial charge is 0.223 e. The van der Waals surface area contributed by atoms with E-state index in [1.807, 2.05) is 19.1 Å². The molecule has 5 nitrogen and oxygen atoms in total. The number of hydrogen-bond acceptors (Lipinski definition) is 4. The van der Waals surface area contributed by atoms with E-state index in [0.29, 0.717) is 17.2 Å². The number of allylic oxidation sites excluding steroid dienone is 2. The number of benzene rings is 1. The Labute approximate surface area is 131 Å². The summed E-state index contributed by atoms with van der Waals surface area (Å²) in [5.74, 6) is 0.960. The summed E-state index contributed by atoms with van der Waals surface area (Å²) in [7, 11) is 1.55. The number of ether oxygens (including phenoxy) is 2. The number of amides is 1. The van der Waals surface area contributed by atoms with E-state index in [0.717, 1.165) is 0 Å². The number of carbonyl (C=O) groups is 1. The molecule has 1 atom stereocenters. The number of rotatable bonds is 8. The summed E-state index contributed by atoms with van der Waals surface area (Å²) >= 11 is 0. The molecule has 1 unspecified atom stereocenters. The fourth-order valence-electron chi connectivity index (χ4n) is 1.92. The third kappa shape index (κ3) is 5.26. The topological polar surface area (TPSA) is 59.0 Å². The zero-order valence-electron chi connectivity index (χ0n) is 13.3. The van der Waals surface area contributed by atoms with Crippen molar-refractivity contribution >= 4 is 5.91 Å². The average molecular weight is 305 g/mol. The monoisotopic (exact) mass is 305 g/mol. The van der Waals surface area contributed by atoms with Crippen LogP contribution in [0, 0.1) is 0 Å². The number of aliphatic hydroxyl groups is 1. The van der Waals surface area contributed by atoms with Gasteiger partial charge in [-0.2, -0.15) is 0 Å². The fraction of sp³-hybridized carbons (Fsp3) is 0.353. The van der Waals surface area contributed by atoms with Crippen molar-refractivity contribution in [3.63, 3.8) is 0 Å². The minimum Gasteiger partial charge on any atom is -0.493 e. The first-order chi connectivity index (χ1) is 10.5. The van der Waals surface area contributed by atoms with Crippen molar-refractivity contribution in [2.45, 2.75) is 20.0 Å². The van der Waals surface area contributed by atoms with Gasteiger partial charge in [-0.25, -0.2) is 0 Å². The van der Waals surface area contributed by atoms with Gasteiger partial charge in [0.2, 0.25) is 5.91 Å². The molecule has 0 bridgehead atoms. The SMILES string of the molecule is C=C(/C=C\C)N(CC(O)COc1ccccc1OC)C(C)=O. The molecule has 0 heterocycles. The van der Waals surface area contributed by atoms with Gasteiger partial charge in [0.15, 0.2) is 11.5 Å². The highest BCUT2D eigenvalue weighted by Gasteiger charge is 2.17. The van der Waals surface area contributed by atoms with Crippen LogP contribution in [0.25, 0.3) is 0 Å². The van der Waals surface area contributed by atoms with Gasteiger partial charge in [0.25, 0.3) is 0 Å². The van der Waals surface area contributed by atoms with E-state index in [9.17, 15) is 9.90 Å². The maximum atomic E-state index is 11.6. The van der Waals surface area contributed by atoms with Crippen LogP contribution in [0.3, 0.4) is 0 Å². The van der Waals surface area contributed by atoms with Crippen LogP contribution < -0.4 is 9.47 Å². The van der Waals surface area contributed by atoms with Gasteiger partial charge in [-0.15, -0.1) is 0 Å². The lowest BCUT2D eigenvalue weighted by Gasteiger charge is -2.24. The molecule has 120 valence electrons. The predicted molar refractivity (Wildman–Crippen MR) is 85.8 cm³/mol. The largest absolute Gasteiger partial charge is 0.493 e. The van der Waals surface area contributed by atoms with Gasteiger partial charge in [0.05, 0.1) is 13.7 Å². The Morgan fingerprint density at radius 2 is 2.05 bits per heavy atom. The van der Waals surface area contributed by atoms with Crippen molar-refractivity contribution in [1.29, 1.82) is 0 Å². The lowest BCUT2D eigenvalue weighted by atomic mass is 10.2. The molecule has 22 heavy (non-hydrogen) atoms. The molecule has 1 aromatic carbocycles. The highest BCUT2D eigenvalue weighted by Crippen LogP contribution is 2.25. The average Bonchev–Trinajstić information content (AvgIpc) is 2.50. The first kappa shape index (κ1) is 17.8.